The molecule has 6 nitrogen and oxygen atoms in total. The predicted octanol–water partition coefficient (Wildman–Crippen LogP) is 3.44. The predicted molar refractivity (Wildman–Crippen MR) is 106 cm³/mol. The Morgan fingerprint density at radius 1 is 0.821 bits per heavy atom. The lowest BCUT2D eigenvalue weighted by Crippen LogP contribution is -2.47. The van der Waals surface area contributed by atoms with Crippen LogP contribution in [-0.4, -0.2) is 36.6 Å². The molecule has 0 radical (unpaired) electrons. The van der Waals surface area contributed by atoms with Gasteiger partial charge in [-0.3, -0.25) is 9.59 Å². The zero-order valence-electron chi connectivity index (χ0n) is 15.8. The van der Waals surface area contributed by atoms with Crippen molar-refractivity contribution in [2.75, 3.05) is 4.90 Å². The minimum atomic E-state index is -3.64. The lowest BCUT2D eigenvalue weighted by molar-refractivity contribution is 0.0926. The van der Waals surface area contributed by atoms with Crippen molar-refractivity contribution in [3.8, 4) is 0 Å². The fourth-order valence-electron chi connectivity index (χ4n) is 4.18. The summed E-state index contributed by atoms with van der Waals surface area (Å²) >= 11 is 0. The number of hydrogen-bond donors (Lipinski definition) is 0. The topological polar surface area (TPSA) is 74.8 Å². The maximum atomic E-state index is 13.1. The van der Waals surface area contributed by atoms with E-state index in [-0.39, 0.29) is 17.0 Å². The van der Waals surface area contributed by atoms with E-state index in [4.69, 9.17) is 0 Å². The van der Waals surface area contributed by atoms with Crippen LogP contribution in [-0.2, 0) is 10.0 Å². The Morgan fingerprint density at radius 2 is 1.32 bits per heavy atom. The number of benzene rings is 2. The van der Waals surface area contributed by atoms with Gasteiger partial charge in [0, 0.05) is 12.1 Å². The van der Waals surface area contributed by atoms with Crippen LogP contribution in [0.2, 0.25) is 0 Å². The van der Waals surface area contributed by atoms with Crippen molar-refractivity contribution < 1.29 is 18.0 Å². The van der Waals surface area contributed by atoms with Crippen LogP contribution >= 0.6 is 0 Å². The van der Waals surface area contributed by atoms with Gasteiger partial charge in [0.15, 0.2) is 0 Å². The van der Waals surface area contributed by atoms with Crippen LogP contribution in [0.4, 0.5) is 5.69 Å². The first-order valence-electron chi connectivity index (χ1n) is 9.44. The quantitative estimate of drug-likeness (QED) is 0.743. The number of carbonyl (C=O) groups is 2. The Morgan fingerprint density at radius 3 is 1.82 bits per heavy atom. The molecular weight excluding hydrogens is 376 g/mol. The van der Waals surface area contributed by atoms with Gasteiger partial charge >= 0.3 is 0 Å². The van der Waals surface area contributed by atoms with Crippen LogP contribution in [0, 0.1) is 0 Å². The van der Waals surface area contributed by atoms with Gasteiger partial charge in [-0.1, -0.05) is 18.6 Å². The SMILES string of the molecule is C[C@@H]1CCC[C@H](C)N1S(=O)(=O)c1ccc(N2C(=O)c3ccccc3C2=O)cc1. The molecule has 7 heteroatoms. The standard InChI is InChI=1S/C21H22N2O4S/c1-14-6-5-7-15(2)23(14)28(26,27)17-12-10-16(11-13-17)22-20(24)18-8-3-4-9-19(18)21(22)25/h3-4,8-15H,5-7H2,1-2H3/t14-,15+. The van der Waals surface area contributed by atoms with E-state index in [2.05, 4.69) is 0 Å². The maximum absolute atomic E-state index is 13.1. The molecule has 0 bridgehead atoms. The number of rotatable bonds is 3. The van der Waals surface area contributed by atoms with Gasteiger partial charge in [0.25, 0.3) is 11.8 Å². The molecule has 0 saturated carbocycles. The normalized spacial score (nSPS) is 23.1. The first kappa shape index (κ1) is 18.8. The summed E-state index contributed by atoms with van der Waals surface area (Å²) in [4.78, 5) is 26.5. The molecule has 146 valence electrons. The molecule has 2 heterocycles. The maximum Gasteiger partial charge on any atom is 0.266 e. The zero-order chi connectivity index (χ0) is 20.1. The molecule has 0 unspecified atom stereocenters. The van der Waals surface area contributed by atoms with Crippen LogP contribution in [0.15, 0.2) is 53.4 Å². The summed E-state index contributed by atoms with van der Waals surface area (Å²) in [5.41, 5.74) is 1.09. The van der Waals surface area contributed by atoms with E-state index < -0.39 is 21.8 Å². The van der Waals surface area contributed by atoms with Gasteiger partial charge in [-0.05, 0) is 63.1 Å². The molecule has 2 aromatic carbocycles. The van der Waals surface area contributed by atoms with Crippen molar-refractivity contribution >= 4 is 27.5 Å². The van der Waals surface area contributed by atoms with Crippen LogP contribution in [0.1, 0.15) is 53.8 Å². The lowest BCUT2D eigenvalue weighted by atomic mass is 10.0. The Kier molecular flexibility index (Phi) is 4.59. The third-order valence-corrected chi connectivity index (χ3v) is 7.72. The first-order valence-corrected chi connectivity index (χ1v) is 10.9. The van der Waals surface area contributed by atoms with E-state index in [1.807, 2.05) is 13.8 Å². The number of sulfonamides is 1. The second-order valence-electron chi connectivity index (χ2n) is 7.45. The van der Waals surface area contributed by atoms with Gasteiger partial charge in [0.2, 0.25) is 10.0 Å². The number of imide groups is 1. The Labute approximate surface area is 164 Å². The molecule has 0 aliphatic carbocycles. The van der Waals surface area contributed by atoms with E-state index in [1.54, 1.807) is 28.6 Å². The minimum Gasteiger partial charge on any atom is -0.268 e. The highest BCUT2D eigenvalue weighted by molar-refractivity contribution is 7.89. The molecule has 0 aromatic heterocycles. The first-order chi connectivity index (χ1) is 13.3. The third kappa shape index (κ3) is 2.86. The number of amides is 2. The van der Waals surface area contributed by atoms with Gasteiger partial charge in [-0.15, -0.1) is 0 Å². The number of nitrogens with zero attached hydrogens (tertiary/aromatic N) is 2. The molecule has 2 aliphatic rings. The monoisotopic (exact) mass is 398 g/mol. The van der Waals surface area contributed by atoms with Crippen molar-refractivity contribution in [2.24, 2.45) is 0 Å². The summed E-state index contributed by atoms with van der Waals surface area (Å²) in [5.74, 6) is -0.788. The van der Waals surface area contributed by atoms with Crippen LogP contribution in [0.5, 0.6) is 0 Å². The Hall–Kier alpha value is -2.51. The van der Waals surface area contributed by atoms with Crippen molar-refractivity contribution in [1.29, 1.82) is 0 Å². The fraction of sp³-hybridized carbons (Fsp3) is 0.333. The molecular formula is C21H22N2O4S. The molecule has 2 aromatic rings. The largest absolute Gasteiger partial charge is 0.268 e. The van der Waals surface area contributed by atoms with Gasteiger partial charge in [-0.25, -0.2) is 13.3 Å². The molecule has 28 heavy (non-hydrogen) atoms. The molecule has 1 fully saturated rings. The molecule has 1 saturated heterocycles. The molecule has 2 atom stereocenters. The molecule has 0 spiro atoms. The summed E-state index contributed by atoms with van der Waals surface area (Å²) in [6.07, 6.45) is 2.71. The van der Waals surface area contributed by atoms with Crippen molar-refractivity contribution in [1.82, 2.24) is 4.31 Å². The summed E-state index contributed by atoms with van der Waals surface area (Å²) in [7, 11) is -3.64. The van der Waals surface area contributed by atoms with E-state index >= 15 is 0 Å². The fourth-order valence-corrected chi connectivity index (χ4v) is 6.07. The van der Waals surface area contributed by atoms with Crippen molar-refractivity contribution in [3.05, 3.63) is 59.7 Å². The second kappa shape index (κ2) is 6.83. The average molecular weight is 398 g/mol. The van der Waals surface area contributed by atoms with Crippen LogP contribution in [0.25, 0.3) is 0 Å². The number of hydrogen-bond acceptors (Lipinski definition) is 4. The van der Waals surface area contributed by atoms with Gasteiger partial charge in [-0.2, -0.15) is 4.31 Å². The van der Waals surface area contributed by atoms with E-state index in [0.717, 1.165) is 24.2 Å². The van der Waals surface area contributed by atoms with Crippen molar-refractivity contribution in [3.63, 3.8) is 0 Å². The highest BCUT2D eigenvalue weighted by Crippen LogP contribution is 2.32. The number of anilines is 1. The summed E-state index contributed by atoms with van der Waals surface area (Å²) in [5, 5.41) is 0. The molecule has 4 rings (SSSR count). The highest BCUT2D eigenvalue weighted by atomic mass is 32.2. The van der Waals surface area contributed by atoms with Gasteiger partial charge < -0.3 is 0 Å². The molecule has 2 amide bonds. The van der Waals surface area contributed by atoms with E-state index in [1.165, 1.54) is 24.3 Å². The minimum absolute atomic E-state index is 0.0512. The molecule has 2 aliphatic heterocycles. The second-order valence-corrected chi connectivity index (χ2v) is 9.29. The number of fused-ring (bicyclic) bond motifs is 1. The van der Waals surface area contributed by atoms with E-state index in [0.29, 0.717) is 16.8 Å². The van der Waals surface area contributed by atoms with Gasteiger partial charge in [0.05, 0.1) is 21.7 Å². The lowest BCUT2D eigenvalue weighted by Gasteiger charge is -2.37. The Bertz CT molecular complexity index is 1000. The molecule has 0 N–H and O–H groups in total. The zero-order valence-corrected chi connectivity index (χ0v) is 16.6. The summed E-state index contributed by atoms with van der Waals surface area (Å²) in [6.45, 7) is 3.86. The summed E-state index contributed by atoms with van der Waals surface area (Å²) in [6, 6.07) is 12.6. The average Bonchev–Trinajstić information content (AvgIpc) is 2.93. The van der Waals surface area contributed by atoms with Crippen molar-refractivity contribution in [2.45, 2.75) is 50.1 Å². The van der Waals surface area contributed by atoms with E-state index in [9.17, 15) is 18.0 Å². The van der Waals surface area contributed by atoms with Gasteiger partial charge in [0.1, 0.15) is 0 Å². The third-order valence-electron chi connectivity index (χ3n) is 5.58. The highest BCUT2D eigenvalue weighted by Gasteiger charge is 2.38. The summed E-state index contributed by atoms with van der Waals surface area (Å²) < 4.78 is 27.8. The Balaban J connectivity index is 1.65. The number of carbonyl (C=O) groups excluding carboxylic acids is 2. The van der Waals surface area contributed by atoms with Crippen LogP contribution < -0.4 is 4.90 Å². The smallest absolute Gasteiger partial charge is 0.266 e. The van der Waals surface area contributed by atoms with Crippen LogP contribution in [0.3, 0.4) is 0 Å². The number of piperidine rings is 1.